The number of amides is 1. The summed E-state index contributed by atoms with van der Waals surface area (Å²) in [7, 11) is -3.76. The normalized spacial score (nSPS) is 15.6. The Hall–Kier alpha value is -2.62. The van der Waals surface area contributed by atoms with E-state index in [4.69, 9.17) is 9.88 Å². The highest BCUT2D eigenvalue weighted by molar-refractivity contribution is 7.89. The summed E-state index contributed by atoms with van der Waals surface area (Å²) in [5.41, 5.74) is 3.57. The maximum atomic E-state index is 12.5. The van der Waals surface area contributed by atoms with Gasteiger partial charge in [-0.15, -0.1) is 0 Å². The van der Waals surface area contributed by atoms with Gasteiger partial charge in [-0.3, -0.25) is 4.79 Å². The van der Waals surface area contributed by atoms with Crippen molar-refractivity contribution >= 4 is 33.0 Å². The number of nitrogens with one attached hydrogen (secondary N) is 2. The van der Waals surface area contributed by atoms with Gasteiger partial charge in [-0.05, 0) is 61.9 Å². The molecule has 9 heteroatoms. The SMILES string of the molecule is Cc1cc(N2CCOCC2)ccc1NC(C)C(=O)Nc1ccc(S(N)(=O)=O)cc1. The summed E-state index contributed by atoms with van der Waals surface area (Å²) in [5, 5.41) is 11.1. The molecule has 1 saturated heterocycles. The molecule has 4 N–H and O–H groups in total. The molecule has 1 amide bonds. The lowest BCUT2D eigenvalue weighted by molar-refractivity contribution is -0.116. The second kappa shape index (κ2) is 8.81. The number of benzene rings is 2. The Labute approximate surface area is 171 Å². The first-order chi connectivity index (χ1) is 13.7. The van der Waals surface area contributed by atoms with E-state index in [1.807, 2.05) is 19.1 Å². The zero-order valence-corrected chi connectivity index (χ0v) is 17.3. The van der Waals surface area contributed by atoms with E-state index in [-0.39, 0.29) is 10.8 Å². The van der Waals surface area contributed by atoms with E-state index in [1.54, 1.807) is 6.92 Å². The molecule has 2 aromatic carbocycles. The van der Waals surface area contributed by atoms with Gasteiger partial charge < -0.3 is 20.3 Å². The van der Waals surface area contributed by atoms with E-state index >= 15 is 0 Å². The van der Waals surface area contributed by atoms with Gasteiger partial charge in [-0.25, -0.2) is 13.6 Å². The number of anilines is 3. The summed E-state index contributed by atoms with van der Waals surface area (Å²) in [6.07, 6.45) is 0. The summed E-state index contributed by atoms with van der Waals surface area (Å²) < 4.78 is 28.0. The first-order valence-electron chi connectivity index (χ1n) is 9.37. The van der Waals surface area contributed by atoms with Gasteiger partial charge >= 0.3 is 0 Å². The molecule has 0 saturated carbocycles. The van der Waals surface area contributed by atoms with Gasteiger partial charge in [0.1, 0.15) is 6.04 Å². The van der Waals surface area contributed by atoms with Crippen molar-refractivity contribution < 1.29 is 17.9 Å². The molecular formula is C20H26N4O4S. The van der Waals surface area contributed by atoms with Crippen molar-refractivity contribution in [3.05, 3.63) is 48.0 Å². The smallest absolute Gasteiger partial charge is 0.246 e. The van der Waals surface area contributed by atoms with Crippen LogP contribution in [0.3, 0.4) is 0 Å². The molecule has 1 atom stereocenters. The highest BCUT2D eigenvalue weighted by Gasteiger charge is 2.16. The zero-order chi connectivity index (χ0) is 21.0. The molecule has 1 aliphatic rings. The monoisotopic (exact) mass is 418 g/mol. The second-order valence-corrected chi connectivity index (χ2v) is 8.58. The van der Waals surface area contributed by atoms with Crippen LogP contribution in [0.15, 0.2) is 47.4 Å². The number of morpholine rings is 1. The van der Waals surface area contributed by atoms with Crippen LogP contribution in [-0.2, 0) is 19.6 Å². The number of rotatable bonds is 6. The third-order valence-electron chi connectivity index (χ3n) is 4.80. The lowest BCUT2D eigenvalue weighted by atomic mass is 10.1. The van der Waals surface area contributed by atoms with Crippen LogP contribution >= 0.6 is 0 Å². The molecular weight excluding hydrogens is 392 g/mol. The summed E-state index contributed by atoms with van der Waals surface area (Å²) in [4.78, 5) is 14.8. The van der Waals surface area contributed by atoms with Crippen LogP contribution in [0.1, 0.15) is 12.5 Å². The number of hydrogen-bond acceptors (Lipinski definition) is 6. The third-order valence-corrected chi connectivity index (χ3v) is 5.73. The van der Waals surface area contributed by atoms with Crippen molar-refractivity contribution in [3.8, 4) is 0 Å². The van der Waals surface area contributed by atoms with Gasteiger partial charge in [0.05, 0.1) is 18.1 Å². The lowest BCUT2D eigenvalue weighted by Gasteiger charge is -2.29. The molecule has 1 fully saturated rings. The van der Waals surface area contributed by atoms with Crippen molar-refractivity contribution in [2.45, 2.75) is 24.8 Å². The fourth-order valence-corrected chi connectivity index (χ4v) is 3.62. The average Bonchev–Trinajstić information content (AvgIpc) is 2.69. The standard InChI is InChI=1S/C20H26N4O4S/c1-14-13-17(24-9-11-28-12-10-24)5-8-19(14)22-15(2)20(25)23-16-3-6-18(7-4-16)29(21,26)27/h3-8,13,15,22H,9-12H2,1-2H3,(H,23,25)(H2,21,26,27). The average molecular weight is 419 g/mol. The summed E-state index contributed by atoms with van der Waals surface area (Å²) >= 11 is 0. The number of nitrogens with two attached hydrogens (primary N) is 1. The quantitative estimate of drug-likeness (QED) is 0.660. The van der Waals surface area contributed by atoms with Crippen molar-refractivity contribution in [3.63, 3.8) is 0 Å². The Kier molecular flexibility index (Phi) is 6.41. The van der Waals surface area contributed by atoms with Crippen LogP contribution in [0.2, 0.25) is 0 Å². The van der Waals surface area contributed by atoms with E-state index in [0.717, 1.165) is 43.2 Å². The highest BCUT2D eigenvalue weighted by Crippen LogP contribution is 2.24. The number of sulfonamides is 1. The predicted octanol–water partition coefficient (Wildman–Crippen LogP) is 1.92. The lowest BCUT2D eigenvalue weighted by Crippen LogP contribution is -2.36. The topological polar surface area (TPSA) is 114 Å². The first kappa shape index (κ1) is 21.1. The van der Waals surface area contributed by atoms with Gasteiger partial charge in [0, 0.05) is 30.2 Å². The molecule has 0 aromatic heterocycles. The number of primary sulfonamides is 1. The zero-order valence-electron chi connectivity index (χ0n) is 16.5. The van der Waals surface area contributed by atoms with Crippen LogP contribution in [0.25, 0.3) is 0 Å². The Balaban J connectivity index is 1.61. The Bertz CT molecular complexity index is 970. The Morgan fingerprint density at radius 3 is 2.38 bits per heavy atom. The van der Waals surface area contributed by atoms with Crippen LogP contribution in [0.4, 0.5) is 17.1 Å². The molecule has 8 nitrogen and oxygen atoms in total. The Morgan fingerprint density at radius 2 is 1.79 bits per heavy atom. The van der Waals surface area contributed by atoms with Gasteiger partial charge in [0.15, 0.2) is 0 Å². The van der Waals surface area contributed by atoms with Crippen molar-refractivity contribution in [2.24, 2.45) is 5.14 Å². The van der Waals surface area contributed by atoms with Gasteiger partial charge in [-0.2, -0.15) is 0 Å². The molecule has 0 radical (unpaired) electrons. The number of hydrogen-bond donors (Lipinski definition) is 3. The molecule has 1 aliphatic heterocycles. The van der Waals surface area contributed by atoms with Crippen molar-refractivity contribution in [1.29, 1.82) is 0 Å². The van der Waals surface area contributed by atoms with Gasteiger partial charge in [0.25, 0.3) is 0 Å². The number of ether oxygens (including phenoxy) is 1. The van der Waals surface area contributed by atoms with Crippen molar-refractivity contribution in [1.82, 2.24) is 0 Å². The maximum absolute atomic E-state index is 12.5. The molecule has 156 valence electrons. The summed E-state index contributed by atoms with van der Waals surface area (Å²) in [6.45, 7) is 6.97. The molecule has 0 bridgehead atoms. The highest BCUT2D eigenvalue weighted by atomic mass is 32.2. The van der Waals surface area contributed by atoms with Gasteiger partial charge in [0.2, 0.25) is 15.9 Å². The fourth-order valence-electron chi connectivity index (χ4n) is 3.11. The van der Waals surface area contributed by atoms with Crippen LogP contribution < -0.4 is 20.7 Å². The largest absolute Gasteiger partial charge is 0.378 e. The molecule has 2 aromatic rings. The Morgan fingerprint density at radius 1 is 1.14 bits per heavy atom. The van der Waals surface area contributed by atoms with E-state index in [2.05, 4.69) is 21.6 Å². The van der Waals surface area contributed by atoms with E-state index < -0.39 is 16.1 Å². The van der Waals surface area contributed by atoms with Crippen LogP contribution in [0.5, 0.6) is 0 Å². The molecule has 1 heterocycles. The summed E-state index contributed by atoms with van der Waals surface area (Å²) in [5.74, 6) is -0.231. The number of carbonyl (C=O) groups is 1. The molecule has 0 spiro atoms. The fraction of sp³-hybridized carbons (Fsp3) is 0.350. The number of carbonyl (C=O) groups excluding carboxylic acids is 1. The van der Waals surface area contributed by atoms with E-state index in [1.165, 1.54) is 24.3 Å². The minimum atomic E-state index is -3.76. The van der Waals surface area contributed by atoms with E-state index in [0.29, 0.717) is 5.69 Å². The van der Waals surface area contributed by atoms with Crippen LogP contribution in [0, 0.1) is 6.92 Å². The number of aryl methyl sites for hydroxylation is 1. The molecule has 0 aliphatic carbocycles. The molecule has 3 rings (SSSR count). The van der Waals surface area contributed by atoms with Crippen LogP contribution in [-0.4, -0.2) is 46.7 Å². The predicted molar refractivity (Wildman–Crippen MR) is 114 cm³/mol. The minimum absolute atomic E-state index is 0.00217. The van der Waals surface area contributed by atoms with Crippen molar-refractivity contribution in [2.75, 3.05) is 41.8 Å². The number of nitrogens with zero attached hydrogens (tertiary/aromatic N) is 1. The second-order valence-electron chi connectivity index (χ2n) is 7.02. The third kappa shape index (κ3) is 5.47. The molecule has 29 heavy (non-hydrogen) atoms. The first-order valence-corrected chi connectivity index (χ1v) is 10.9. The minimum Gasteiger partial charge on any atom is -0.378 e. The maximum Gasteiger partial charge on any atom is 0.246 e. The summed E-state index contributed by atoms with van der Waals surface area (Å²) in [6, 6.07) is 11.4. The van der Waals surface area contributed by atoms with E-state index in [9.17, 15) is 13.2 Å². The molecule has 1 unspecified atom stereocenters. The van der Waals surface area contributed by atoms with Gasteiger partial charge in [-0.1, -0.05) is 0 Å².